The summed E-state index contributed by atoms with van der Waals surface area (Å²) in [6.07, 6.45) is 5.65. The van der Waals surface area contributed by atoms with Crippen molar-refractivity contribution < 1.29 is 0 Å². The summed E-state index contributed by atoms with van der Waals surface area (Å²) in [7, 11) is 0. The van der Waals surface area contributed by atoms with Crippen LogP contribution in [-0.2, 0) is 0 Å². The van der Waals surface area contributed by atoms with Crippen molar-refractivity contribution in [2.24, 2.45) is 0 Å². The second-order valence-electron chi connectivity index (χ2n) is 4.49. The molecule has 0 aliphatic rings. The lowest BCUT2D eigenvalue weighted by Crippen LogP contribution is -1.88. The van der Waals surface area contributed by atoms with Gasteiger partial charge in [-0.1, -0.05) is 18.2 Å². The predicted octanol–water partition coefficient (Wildman–Crippen LogP) is 3.55. The summed E-state index contributed by atoms with van der Waals surface area (Å²) in [5, 5.41) is 5.40. The van der Waals surface area contributed by atoms with Gasteiger partial charge in [0.15, 0.2) is 0 Å². The highest BCUT2D eigenvalue weighted by Crippen LogP contribution is 2.27. The molecule has 0 aliphatic carbocycles. The van der Waals surface area contributed by atoms with E-state index in [2.05, 4.69) is 34.3 Å². The molecule has 0 amide bonds. The van der Waals surface area contributed by atoms with Gasteiger partial charge in [0.1, 0.15) is 0 Å². The van der Waals surface area contributed by atoms with Crippen LogP contribution >= 0.6 is 0 Å². The quantitative estimate of drug-likeness (QED) is 0.513. The third-order valence-corrected chi connectivity index (χ3v) is 3.36. The average molecular weight is 245 g/mol. The number of benzene rings is 1. The number of nitrogens with zero attached hydrogens (tertiary/aromatic N) is 3. The Kier molecular flexibility index (Phi) is 2.12. The lowest BCUT2D eigenvalue weighted by atomic mass is 10.0. The Morgan fingerprint density at radius 2 is 1.84 bits per heavy atom. The van der Waals surface area contributed by atoms with Gasteiger partial charge in [-0.2, -0.15) is 5.10 Å². The zero-order valence-corrected chi connectivity index (χ0v) is 10.2. The maximum absolute atomic E-state index is 4.40. The molecule has 0 fully saturated rings. The Balaban J connectivity index is 2.03. The molecule has 0 bridgehead atoms. The Hall–Kier alpha value is -2.68. The summed E-state index contributed by atoms with van der Waals surface area (Å²) in [5.41, 5.74) is 4.51. The molecule has 0 unspecified atom stereocenters. The van der Waals surface area contributed by atoms with Crippen LogP contribution in [0.4, 0.5) is 0 Å². The van der Waals surface area contributed by atoms with E-state index in [-0.39, 0.29) is 0 Å². The highest BCUT2D eigenvalue weighted by molar-refractivity contribution is 5.94. The van der Waals surface area contributed by atoms with Gasteiger partial charge in [-0.15, -0.1) is 0 Å². The molecule has 0 spiro atoms. The largest absolute Gasteiger partial charge is 0.256 e. The number of pyridine rings is 2. The molecular weight excluding hydrogens is 234 g/mol. The van der Waals surface area contributed by atoms with Crippen LogP contribution in [0.5, 0.6) is 0 Å². The van der Waals surface area contributed by atoms with E-state index >= 15 is 0 Å². The highest BCUT2D eigenvalue weighted by atomic mass is 15.2. The number of hydrogen-bond acceptors (Lipinski definition) is 2. The molecule has 1 aromatic carbocycles. The van der Waals surface area contributed by atoms with Crippen molar-refractivity contribution in [3.05, 3.63) is 67.1 Å². The molecule has 0 saturated carbocycles. The summed E-state index contributed by atoms with van der Waals surface area (Å²) in [6.45, 7) is 0. The molecule has 0 saturated heterocycles. The Morgan fingerprint density at radius 3 is 2.84 bits per heavy atom. The van der Waals surface area contributed by atoms with E-state index in [1.807, 2.05) is 47.4 Å². The molecule has 0 aliphatic heterocycles. The van der Waals surface area contributed by atoms with Crippen LogP contribution in [0.3, 0.4) is 0 Å². The van der Waals surface area contributed by atoms with E-state index in [1.165, 1.54) is 16.5 Å². The Bertz CT molecular complexity index is 872. The summed E-state index contributed by atoms with van der Waals surface area (Å²) in [5.74, 6) is 0. The van der Waals surface area contributed by atoms with Gasteiger partial charge in [-0.05, 0) is 41.5 Å². The fourth-order valence-electron chi connectivity index (χ4n) is 2.44. The summed E-state index contributed by atoms with van der Waals surface area (Å²) < 4.78 is 1.87. The van der Waals surface area contributed by atoms with Gasteiger partial charge >= 0.3 is 0 Å². The minimum Gasteiger partial charge on any atom is -0.256 e. The number of fused-ring (bicyclic) bond motifs is 2. The van der Waals surface area contributed by atoms with Crippen molar-refractivity contribution in [2.45, 2.75) is 0 Å². The van der Waals surface area contributed by atoms with Gasteiger partial charge in [-0.25, -0.2) is 4.52 Å². The predicted molar refractivity (Wildman–Crippen MR) is 75.9 cm³/mol. The minimum atomic E-state index is 1.02. The second-order valence-corrected chi connectivity index (χ2v) is 4.49. The van der Waals surface area contributed by atoms with Gasteiger partial charge in [-0.3, -0.25) is 4.98 Å². The molecule has 4 aromatic rings. The Morgan fingerprint density at radius 1 is 0.895 bits per heavy atom. The number of aromatic nitrogens is 3. The standard InChI is InChI=1S/C16H11N3/c1-2-4-16-15(3-1)14(6-8-17-16)12-7-10-19-13(11-12)5-9-18-19/h1-11H. The van der Waals surface area contributed by atoms with Crippen LogP contribution in [0.25, 0.3) is 27.5 Å². The molecule has 0 N–H and O–H groups in total. The van der Waals surface area contributed by atoms with Gasteiger partial charge < -0.3 is 0 Å². The van der Waals surface area contributed by atoms with E-state index in [0.717, 1.165) is 11.0 Å². The van der Waals surface area contributed by atoms with Gasteiger partial charge in [0.2, 0.25) is 0 Å². The van der Waals surface area contributed by atoms with Crippen molar-refractivity contribution in [3.8, 4) is 11.1 Å². The first-order chi connectivity index (χ1) is 9.42. The number of hydrogen-bond donors (Lipinski definition) is 0. The lowest BCUT2D eigenvalue weighted by Gasteiger charge is -2.06. The Labute approximate surface area is 110 Å². The third-order valence-electron chi connectivity index (χ3n) is 3.36. The zero-order chi connectivity index (χ0) is 12.7. The monoisotopic (exact) mass is 245 g/mol. The first-order valence-corrected chi connectivity index (χ1v) is 6.19. The normalized spacial score (nSPS) is 11.2. The number of rotatable bonds is 1. The van der Waals surface area contributed by atoms with Crippen LogP contribution < -0.4 is 0 Å². The van der Waals surface area contributed by atoms with Gasteiger partial charge in [0, 0.05) is 24.0 Å². The topological polar surface area (TPSA) is 30.2 Å². The molecule has 19 heavy (non-hydrogen) atoms. The summed E-state index contributed by atoms with van der Waals surface area (Å²) >= 11 is 0. The molecular formula is C16H11N3. The van der Waals surface area contributed by atoms with Crippen LogP contribution in [0, 0.1) is 0 Å². The van der Waals surface area contributed by atoms with E-state index in [0.29, 0.717) is 0 Å². The smallest absolute Gasteiger partial charge is 0.0708 e. The minimum absolute atomic E-state index is 1.02. The van der Waals surface area contributed by atoms with Crippen molar-refractivity contribution >= 4 is 16.4 Å². The van der Waals surface area contributed by atoms with E-state index < -0.39 is 0 Å². The highest BCUT2D eigenvalue weighted by Gasteiger charge is 2.05. The molecule has 3 heteroatoms. The molecule has 90 valence electrons. The van der Waals surface area contributed by atoms with Gasteiger partial charge in [0.25, 0.3) is 0 Å². The molecule has 3 nitrogen and oxygen atoms in total. The maximum Gasteiger partial charge on any atom is 0.0708 e. The van der Waals surface area contributed by atoms with E-state index in [1.54, 1.807) is 0 Å². The molecule has 0 radical (unpaired) electrons. The average Bonchev–Trinajstić information content (AvgIpc) is 2.94. The van der Waals surface area contributed by atoms with Crippen LogP contribution in [0.15, 0.2) is 67.1 Å². The first kappa shape index (κ1) is 10.3. The van der Waals surface area contributed by atoms with Crippen molar-refractivity contribution in [1.29, 1.82) is 0 Å². The maximum atomic E-state index is 4.40. The second kappa shape index (κ2) is 3.92. The van der Waals surface area contributed by atoms with Crippen LogP contribution in [0.2, 0.25) is 0 Å². The molecule has 3 aromatic heterocycles. The SMILES string of the molecule is c1ccc2c(-c3ccn4nccc4c3)ccnc2c1. The molecule has 4 rings (SSSR count). The molecule has 3 heterocycles. The van der Waals surface area contributed by atoms with Crippen molar-refractivity contribution in [3.63, 3.8) is 0 Å². The zero-order valence-electron chi connectivity index (χ0n) is 10.2. The number of para-hydroxylation sites is 1. The first-order valence-electron chi connectivity index (χ1n) is 6.19. The van der Waals surface area contributed by atoms with Crippen molar-refractivity contribution in [1.82, 2.24) is 14.6 Å². The van der Waals surface area contributed by atoms with E-state index in [4.69, 9.17) is 0 Å². The van der Waals surface area contributed by atoms with Crippen LogP contribution in [-0.4, -0.2) is 14.6 Å². The summed E-state index contributed by atoms with van der Waals surface area (Å²) in [6, 6.07) is 16.5. The summed E-state index contributed by atoms with van der Waals surface area (Å²) in [4.78, 5) is 4.40. The fourth-order valence-corrected chi connectivity index (χ4v) is 2.44. The lowest BCUT2D eigenvalue weighted by molar-refractivity contribution is 0.962. The molecule has 0 atom stereocenters. The third kappa shape index (κ3) is 1.59. The van der Waals surface area contributed by atoms with Crippen LogP contribution in [0.1, 0.15) is 0 Å². The van der Waals surface area contributed by atoms with Crippen molar-refractivity contribution in [2.75, 3.05) is 0 Å². The van der Waals surface area contributed by atoms with Gasteiger partial charge in [0.05, 0.1) is 11.0 Å². The van der Waals surface area contributed by atoms with E-state index in [9.17, 15) is 0 Å². The fraction of sp³-hybridized carbons (Fsp3) is 0.